The quantitative estimate of drug-likeness (QED) is 0.429. The zero-order valence-corrected chi connectivity index (χ0v) is 18.6. The molecule has 3 aromatic heterocycles. The third-order valence-corrected chi connectivity index (χ3v) is 5.31. The van der Waals surface area contributed by atoms with E-state index in [9.17, 15) is 4.79 Å². The number of hydrogen-bond acceptors (Lipinski definition) is 9. The highest BCUT2D eigenvalue weighted by molar-refractivity contribution is 5.95. The maximum Gasteiger partial charge on any atom is 0.232 e. The lowest BCUT2D eigenvalue weighted by Gasteiger charge is -2.13. The van der Waals surface area contributed by atoms with Gasteiger partial charge in [-0.1, -0.05) is 13.8 Å². The van der Waals surface area contributed by atoms with Crippen molar-refractivity contribution in [1.82, 2.24) is 35.0 Å². The van der Waals surface area contributed by atoms with Crippen molar-refractivity contribution in [3.8, 4) is 0 Å². The van der Waals surface area contributed by atoms with Gasteiger partial charge in [-0.15, -0.1) is 0 Å². The number of carbonyl (C=O) groups excluding carboxylic acids is 1. The van der Waals surface area contributed by atoms with Gasteiger partial charge in [-0.05, 0) is 31.9 Å². The highest BCUT2D eigenvalue weighted by atomic mass is 16.5. The van der Waals surface area contributed by atoms with Crippen molar-refractivity contribution in [1.29, 1.82) is 0 Å². The van der Waals surface area contributed by atoms with Crippen molar-refractivity contribution < 1.29 is 9.53 Å². The first-order valence-electron chi connectivity index (χ1n) is 11.0. The third kappa shape index (κ3) is 4.83. The highest BCUT2D eigenvalue weighted by Crippen LogP contribution is 2.30. The summed E-state index contributed by atoms with van der Waals surface area (Å²) in [6.45, 7) is 9.29. The molecule has 11 heteroatoms. The van der Waals surface area contributed by atoms with Crippen molar-refractivity contribution in [3.63, 3.8) is 0 Å². The van der Waals surface area contributed by atoms with Gasteiger partial charge in [0.25, 0.3) is 0 Å². The Morgan fingerprint density at radius 1 is 1.38 bits per heavy atom. The first kappa shape index (κ1) is 22.0. The number of hydrogen-bond donors (Lipinski definition) is 3. The Labute approximate surface area is 186 Å². The smallest absolute Gasteiger partial charge is 0.232 e. The average molecular weight is 440 g/mol. The first-order chi connectivity index (χ1) is 15.6. The SMILES string of the molecule is CCOCCn1nc(C(C)C)c2nc(NC(=O)[C@H]3CCNC3)nc(Nc3ccncn3)c21. The van der Waals surface area contributed by atoms with Crippen molar-refractivity contribution in [2.45, 2.75) is 39.7 Å². The molecule has 1 aliphatic rings. The van der Waals surface area contributed by atoms with Gasteiger partial charge in [0, 0.05) is 19.3 Å². The van der Waals surface area contributed by atoms with Crippen LogP contribution in [0.5, 0.6) is 0 Å². The van der Waals surface area contributed by atoms with Crippen molar-refractivity contribution >= 4 is 34.5 Å². The van der Waals surface area contributed by atoms with Crippen LogP contribution in [0.2, 0.25) is 0 Å². The molecule has 0 bridgehead atoms. The summed E-state index contributed by atoms with van der Waals surface area (Å²) in [6, 6.07) is 1.75. The number of anilines is 3. The molecule has 1 fully saturated rings. The Morgan fingerprint density at radius 2 is 2.25 bits per heavy atom. The molecule has 1 atom stereocenters. The molecule has 170 valence electrons. The molecule has 1 aliphatic heterocycles. The molecule has 0 aliphatic carbocycles. The average Bonchev–Trinajstić information content (AvgIpc) is 3.43. The topological polar surface area (TPSA) is 132 Å². The molecule has 0 saturated carbocycles. The van der Waals surface area contributed by atoms with Crippen LogP contribution in [0.15, 0.2) is 18.6 Å². The van der Waals surface area contributed by atoms with Crippen LogP contribution in [0.1, 0.15) is 38.8 Å². The van der Waals surface area contributed by atoms with Crippen LogP contribution in [-0.2, 0) is 16.1 Å². The van der Waals surface area contributed by atoms with Crippen LogP contribution in [0, 0.1) is 5.92 Å². The van der Waals surface area contributed by atoms with Gasteiger partial charge in [0.15, 0.2) is 5.82 Å². The summed E-state index contributed by atoms with van der Waals surface area (Å²) in [5, 5.41) is 14.2. The van der Waals surface area contributed by atoms with Crippen LogP contribution in [0.4, 0.5) is 17.6 Å². The molecule has 3 N–H and O–H groups in total. The second-order valence-corrected chi connectivity index (χ2v) is 7.95. The molecule has 0 unspecified atom stereocenters. The van der Waals surface area contributed by atoms with Gasteiger partial charge in [0.1, 0.15) is 23.2 Å². The Hall–Kier alpha value is -3.18. The van der Waals surface area contributed by atoms with Gasteiger partial charge in [-0.2, -0.15) is 10.1 Å². The van der Waals surface area contributed by atoms with Crippen molar-refractivity contribution in [2.24, 2.45) is 5.92 Å². The number of aromatic nitrogens is 6. The first-order valence-corrected chi connectivity index (χ1v) is 11.0. The molecule has 0 radical (unpaired) electrons. The van der Waals surface area contributed by atoms with Crippen LogP contribution >= 0.6 is 0 Å². The largest absolute Gasteiger partial charge is 0.380 e. The molecule has 1 amide bonds. The second kappa shape index (κ2) is 9.96. The van der Waals surface area contributed by atoms with Crippen LogP contribution < -0.4 is 16.0 Å². The molecular formula is C21H29N9O2. The maximum atomic E-state index is 12.7. The molecule has 4 heterocycles. The van der Waals surface area contributed by atoms with Crippen molar-refractivity contribution in [2.75, 3.05) is 36.9 Å². The van der Waals surface area contributed by atoms with Gasteiger partial charge in [0.05, 0.1) is 24.8 Å². The van der Waals surface area contributed by atoms with Gasteiger partial charge in [-0.25, -0.2) is 15.0 Å². The molecule has 11 nitrogen and oxygen atoms in total. The minimum Gasteiger partial charge on any atom is -0.380 e. The summed E-state index contributed by atoms with van der Waals surface area (Å²) in [5.41, 5.74) is 2.28. The molecule has 0 spiro atoms. The Kier molecular flexibility index (Phi) is 6.86. The standard InChI is InChI=1S/C21H29N9O2/c1-4-32-10-9-30-18-17(16(29-30)13(2)3)26-21(28-20(31)14-5-7-22-11-14)27-19(18)25-15-6-8-23-12-24-15/h6,8,12-14,22H,4-5,7,9-11H2,1-3H3,(H2,23,24,25,26,27,28,31)/t14-/m0/s1. The molecular weight excluding hydrogens is 410 g/mol. The second-order valence-electron chi connectivity index (χ2n) is 7.95. The summed E-state index contributed by atoms with van der Waals surface area (Å²) in [4.78, 5) is 30.3. The van der Waals surface area contributed by atoms with E-state index in [1.807, 2.05) is 11.6 Å². The van der Waals surface area contributed by atoms with Gasteiger partial charge >= 0.3 is 0 Å². The zero-order valence-electron chi connectivity index (χ0n) is 18.6. The van der Waals surface area contributed by atoms with Crippen LogP contribution in [0.25, 0.3) is 11.0 Å². The van der Waals surface area contributed by atoms with Crippen molar-refractivity contribution in [3.05, 3.63) is 24.3 Å². The number of amides is 1. The number of nitrogens with one attached hydrogen (secondary N) is 3. The van der Waals surface area contributed by atoms with E-state index >= 15 is 0 Å². The number of nitrogens with zero attached hydrogens (tertiary/aromatic N) is 6. The molecule has 4 rings (SSSR count). The van der Waals surface area contributed by atoms with E-state index in [0.29, 0.717) is 43.5 Å². The van der Waals surface area contributed by atoms with Gasteiger partial charge in [0.2, 0.25) is 11.9 Å². The fourth-order valence-corrected chi connectivity index (χ4v) is 3.67. The summed E-state index contributed by atoms with van der Waals surface area (Å²) >= 11 is 0. The van der Waals surface area contributed by atoms with Gasteiger partial charge in [-0.3, -0.25) is 14.8 Å². The van der Waals surface area contributed by atoms with E-state index in [1.165, 1.54) is 6.33 Å². The molecule has 3 aromatic rings. The number of carbonyl (C=O) groups is 1. The monoisotopic (exact) mass is 439 g/mol. The highest BCUT2D eigenvalue weighted by Gasteiger charge is 2.25. The normalized spacial score (nSPS) is 16.1. The zero-order chi connectivity index (χ0) is 22.5. The number of rotatable bonds is 9. The minimum atomic E-state index is -0.0916. The van der Waals surface area contributed by atoms with E-state index in [2.05, 4.69) is 44.7 Å². The molecule has 0 aromatic carbocycles. The van der Waals surface area contributed by atoms with E-state index in [1.54, 1.807) is 12.3 Å². The number of ether oxygens (including phenoxy) is 1. The fourth-order valence-electron chi connectivity index (χ4n) is 3.67. The predicted octanol–water partition coefficient (Wildman–Crippen LogP) is 2.07. The summed E-state index contributed by atoms with van der Waals surface area (Å²) in [6.07, 6.45) is 3.91. The summed E-state index contributed by atoms with van der Waals surface area (Å²) in [7, 11) is 0. The molecule has 1 saturated heterocycles. The minimum absolute atomic E-state index is 0.0860. The van der Waals surface area contributed by atoms with E-state index in [0.717, 1.165) is 24.2 Å². The van der Waals surface area contributed by atoms with E-state index in [4.69, 9.17) is 14.8 Å². The van der Waals surface area contributed by atoms with Gasteiger partial charge < -0.3 is 15.4 Å². The fraction of sp³-hybridized carbons (Fsp3) is 0.524. The van der Waals surface area contributed by atoms with Crippen LogP contribution in [0.3, 0.4) is 0 Å². The third-order valence-electron chi connectivity index (χ3n) is 5.31. The Bertz CT molecular complexity index is 1060. The van der Waals surface area contributed by atoms with Crippen LogP contribution in [-0.4, -0.2) is 61.9 Å². The molecule has 32 heavy (non-hydrogen) atoms. The summed E-state index contributed by atoms with van der Waals surface area (Å²) in [5.74, 6) is 1.31. The lowest BCUT2D eigenvalue weighted by molar-refractivity contribution is -0.119. The van der Waals surface area contributed by atoms with E-state index < -0.39 is 0 Å². The lowest BCUT2D eigenvalue weighted by atomic mass is 10.1. The predicted molar refractivity (Wildman–Crippen MR) is 121 cm³/mol. The number of fused-ring (bicyclic) bond motifs is 1. The Morgan fingerprint density at radius 3 is 2.94 bits per heavy atom. The Balaban J connectivity index is 1.77. The lowest BCUT2D eigenvalue weighted by Crippen LogP contribution is -2.25. The summed E-state index contributed by atoms with van der Waals surface area (Å²) < 4.78 is 7.40. The maximum absolute atomic E-state index is 12.7. The van der Waals surface area contributed by atoms with E-state index in [-0.39, 0.29) is 23.7 Å².